The molecule has 0 aliphatic carbocycles. The zero-order valence-corrected chi connectivity index (χ0v) is 9.52. The molecule has 2 heteroatoms. The second-order valence-electron chi connectivity index (χ2n) is 5.28. The quantitative estimate of drug-likeness (QED) is 0.795. The molecule has 0 radical (unpaired) electrons. The van der Waals surface area contributed by atoms with Crippen LogP contribution in [0.15, 0.2) is 30.3 Å². The zero-order valence-electron chi connectivity index (χ0n) is 9.52. The molecule has 2 aliphatic heterocycles. The fraction of sp³-hybridized carbons (Fsp3) is 0.571. The van der Waals surface area contributed by atoms with Crippen LogP contribution >= 0.6 is 0 Å². The summed E-state index contributed by atoms with van der Waals surface area (Å²) in [4.78, 5) is 0. The first-order chi connectivity index (χ1) is 7.76. The molecule has 2 saturated heterocycles. The van der Waals surface area contributed by atoms with Gasteiger partial charge in [0.05, 0.1) is 0 Å². The van der Waals surface area contributed by atoms with E-state index in [0.29, 0.717) is 12.0 Å². The summed E-state index contributed by atoms with van der Waals surface area (Å²) in [5.74, 6) is 0.391. The molecular weight excluding hydrogens is 198 g/mol. The topological polar surface area (TPSA) is 32.3 Å². The SMILES string of the molecule is O[C@]12CCC[C@H](CC1Cc1ccccc1)N2. The van der Waals surface area contributed by atoms with Crippen LogP contribution in [0.3, 0.4) is 0 Å². The fourth-order valence-corrected chi connectivity index (χ4v) is 3.30. The Labute approximate surface area is 96.7 Å². The van der Waals surface area contributed by atoms with Gasteiger partial charge in [0, 0.05) is 12.0 Å². The minimum Gasteiger partial charge on any atom is -0.376 e. The van der Waals surface area contributed by atoms with Crippen molar-refractivity contribution in [2.45, 2.75) is 43.9 Å². The predicted octanol–water partition coefficient (Wildman–Crippen LogP) is 2.08. The minimum atomic E-state index is -0.585. The molecular formula is C14H19NO. The molecule has 86 valence electrons. The Morgan fingerprint density at radius 3 is 2.88 bits per heavy atom. The van der Waals surface area contributed by atoms with Crippen molar-refractivity contribution >= 4 is 0 Å². The summed E-state index contributed by atoms with van der Waals surface area (Å²) >= 11 is 0. The molecule has 0 aromatic heterocycles. The highest BCUT2D eigenvalue weighted by atomic mass is 16.3. The van der Waals surface area contributed by atoms with Gasteiger partial charge in [-0.2, -0.15) is 0 Å². The van der Waals surface area contributed by atoms with Crippen LogP contribution in [-0.4, -0.2) is 16.9 Å². The third-order valence-corrected chi connectivity index (χ3v) is 4.13. The van der Waals surface area contributed by atoms with E-state index >= 15 is 0 Å². The first kappa shape index (κ1) is 10.3. The van der Waals surface area contributed by atoms with Gasteiger partial charge in [-0.25, -0.2) is 0 Å². The molecule has 2 heterocycles. The van der Waals surface area contributed by atoms with Gasteiger partial charge >= 0.3 is 0 Å². The fourth-order valence-electron chi connectivity index (χ4n) is 3.30. The summed E-state index contributed by atoms with van der Waals surface area (Å²) in [7, 11) is 0. The van der Waals surface area contributed by atoms with Crippen LogP contribution in [0.5, 0.6) is 0 Å². The first-order valence-electron chi connectivity index (χ1n) is 6.30. The van der Waals surface area contributed by atoms with E-state index in [0.717, 1.165) is 19.3 Å². The van der Waals surface area contributed by atoms with Crippen molar-refractivity contribution in [2.24, 2.45) is 5.92 Å². The lowest BCUT2D eigenvalue weighted by Crippen LogP contribution is -2.49. The second-order valence-corrected chi connectivity index (χ2v) is 5.28. The maximum atomic E-state index is 10.5. The molecule has 0 amide bonds. The van der Waals surface area contributed by atoms with Gasteiger partial charge in [-0.3, -0.25) is 5.32 Å². The summed E-state index contributed by atoms with van der Waals surface area (Å²) in [6, 6.07) is 11.1. The van der Waals surface area contributed by atoms with E-state index in [2.05, 4.69) is 29.6 Å². The highest BCUT2D eigenvalue weighted by molar-refractivity contribution is 5.17. The Kier molecular flexibility index (Phi) is 2.49. The predicted molar refractivity (Wildman–Crippen MR) is 64.0 cm³/mol. The standard InChI is InChI=1S/C14H19NO/c16-14-8-4-7-13(15-14)10-12(14)9-11-5-2-1-3-6-11/h1-3,5-6,12-13,15-16H,4,7-10H2/t12?,13-,14-/m1/s1. The number of rotatable bonds is 2. The Balaban J connectivity index is 1.76. The molecule has 2 aliphatic rings. The lowest BCUT2D eigenvalue weighted by molar-refractivity contribution is -0.0388. The van der Waals surface area contributed by atoms with Crippen LogP contribution in [0, 0.1) is 5.92 Å². The third kappa shape index (κ3) is 1.76. The van der Waals surface area contributed by atoms with Crippen molar-refractivity contribution in [3.05, 3.63) is 35.9 Å². The molecule has 2 nitrogen and oxygen atoms in total. The number of nitrogens with one attached hydrogen (secondary N) is 1. The molecule has 3 atom stereocenters. The van der Waals surface area contributed by atoms with Gasteiger partial charge in [0.2, 0.25) is 0 Å². The monoisotopic (exact) mass is 217 g/mol. The number of fused-ring (bicyclic) bond motifs is 2. The number of aliphatic hydroxyl groups is 1. The van der Waals surface area contributed by atoms with E-state index in [1.165, 1.54) is 18.4 Å². The maximum Gasteiger partial charge on any atom is 0.119 e. The molecule has 1 aromatic rings. The Bertz CT molecular complexity index is 364. The van der Waals surface area contributed by atoms with Crippen LogP contribution in [-0.2, 0) is 6.42 Å². The van der Waals surface area contributed by atoms with Crippen LogP contribution in [0.2, 0.25) is 0 Å². The van der Waals surface area contributed by atoms with Gasteiger partial charge in [-0.15, -0.1) is 0 Å². The van der Waals surface area contributed by atoms with Gasteiger partial charge in [-0.05, 0) is 37.7 Å². The highest BCUT2D eigenvalue weighted by Crippen LogP contribution is 2.40. The van der Waals surface area contributed by atoms with Crippen molar-refractivity contribution in [1.82, 2.24) is 5.32 Å². The van der Waals surface area contributed by atoms with Crippen molar-refractivity contribution in [3.63, 3.8) is 0 Å². The molecule has 1 unspecified atom stereocenters. The Morgan fingerprint density at radius 1 is 1.31 bits per heavy atom. The van der Waals surface area contributed by atoms with Gasteiger partial charge in [0.15, 0.2) is 0 Å². The average Bonchev–Trinajstić information content (AvgIpc) is 2.50. The summed E-state index contributed by atoms with van der Waals surface area (Å²) in [5, 5.41) is 13.9. The van der Waals surface area contributed by atoms with Crippen molar-refractivity contribution < 1.29 is 5.11 Å². The van der Waals surface area contributed by atoms with Crippen LogP contribution < -0.4 is 5.32 Å². The van der Waals surface area contributed by atoms with Crippen LogP contribution in [0.4, 0.5) is 0 Å². The smallest absolute Gasteiger partial charge is 0.119 e. The zero-order chi connectivity index (χ0) is 11.0. The first-order valence-corrected chi connectivity index (χ1v) is 6.30. The number of hydrogen-bond acceptors (Lipinski definition) is 2. The lowest BCUT2D eigenvalue weighted by Gasteiger charge is -2.33. The lowest BCUT2D eigenvalue weighted by atomic mass is 9.88. The largest absolute Gasteiger partial charge is 0.376 e. The molecule has 2 fully saturated rings. The van der Waals surface area contributed by atoms with E-state index < -0.39 is 5.72 Å². The van der Waals surface area contributed by atoms with E-state index in [1.807, 2.05) is 6.07 Å². The van der Waals surface area contributed by atoms with Gasteiger partial charge < -0.3 is 5.11 Å². The number of hydrogen-bond donors (Lipinski definition) is 2. The number of piperidine rings is 1. The van der Waals surface area contributed by atoms with Gasteiger partial charge in [0.25, 0.3) is 0 Å². The van der Waals surface area contributed by atoms with E-state index in [9.17, 15) is 5.11 Å². The van der Waals surface area contributed by atoms with Crippen LogP contribution in [0.25, 0.3) is 0 Å². The molecule has 2 bridgehead atoms. The molecule has 0 saturated carbocycles. The third-order valence-electron chi connectivity index (χ3n) is 4.13. The van der Waals surface area contributed by atoms with Gasteiger partial charge in [-0.1, -0.05) is 30.3 Å². The minimum absolute atomic E-state index is 0.391. The maximum absolute atomic E-state index is 10.5. The van der Waals surface area contributed by atoms with E-state index in [-0.39, 0.29) is 0 Å². The molecule has 2 N–H and O–H groups in total. The highest BCUT2D eigenvalue weighted by Gasteiger charge is 2.47. The van der Waals surface area contributed by atoms with Crippen molar-refractivity contribution in [2.75, 3.05) is 0 Å². The Morgan fingerprint density at radius 2 is 2.12 bits per heavy atom. The van der Waals surface area contributed by atoms with Gasteiger partial charge in [0.1, 0.15) is 5.72 Å². The molecule has 3 rings (SSSR count). The summed E-state index contributed by atoms with van der Waals surface area (Å²) < 4.78 is 0. The van der Waals surface area contributed by atoms with Crippen molar-refractivity contribution in [1.29, 1.82) is 0 Å². The summed E-state index contributed by atoms with van der Waals surface area (Å²) in [6.07, 6.45) is 5.44. The van der Waals surface area contributed by atoms with E-state index in [4.69, 9.17) is 0 Å². The summed E-state index contributed by atoms with van der Waals surface area (Å²) in [6.45, 7) is 0. The van der Waals surface area contributed by atoms with Crippen molar-refractivity contribution in [3.8, 4) is 0 Å². The Hall–Kier alpha value is -0.860. The normalized spacial score (nSPS) is 37.6. The molecule has 16 heavy (non-hydrogen) atoms. The van der Waals surface area contributed by atoms with Crippen LogP contribution in [0.1, 0.15) is 31.2 Å². The average molecular weight is 217 g/mol. The second kappa shape index (κ2) is 3.86. The number of benzene rings is 1. The summed E-state index contributed by atoms with van der Waals surface area (Å²) in [5.41, 5.74) is 0.758. The van der Waals surface area contributed by atoms with E-state index in [1.54, 1.807) is 0 Å². The molecule has 1 aromatic carbocycles. The molecule has 0 spiro atoms.